The topological polar surface area (TPSA) is 71.1 Å². The number of rotatable bonds is 7. The van der Waals surface area contributed by atoms with Crippen molar-refractivity contribution < 1.29 is 8.42 Å². The molecule has 0 saturated heterocycles. The third-order valence-electron chi connectivity index (χ3n) is 2.94. The van der Waals surface area contributed by atoms with E-state index in [4.69, 9.17) is 11.6 Å². The van der Waals surface area contributed by atoms with Gasteiger partial charge in [0.25, 0.3) is 0 Å². The van der Waals surface area contributed by atoms with Crippen molar-refractivity contribution in [2.45, 2.75) is 19.9 Å². The molecule has 22 heavy (non-hydrogen) atoms. The first-order valence-electron chi connectivity index (χ1n) is 6.94. The van der Waals surface area contributed by atoms with E-state index in [-0.39, 0.29) is 5.75 Å². The quantitative estimate of drug-likeness (QED) is 0.810. The average Bonchev–Trinajstić information content (AvgIpc) is 2.47. The minimum Gasteiger partial charge on any atom is -0.380 e. The lowest BCUT2D eigenvalue weighted by atomic mass is 10.2. The summed E-state index contributed by atoms with van der Waals surface area (Å²) in [6, 6.07) is 11.0. The van der Waals surface area contributed by atoms with Crippen LogP contribution < -0.4 is 10.0 Å². The van der Waals surface area contributed by atoms with Gasteiger partial charge in [0.05, 0.1) is 17.6 Å². The summed E-state index contributed by atoms with van der Waals surface area (Å²) in [4.78, 5) is 4.10. The lowest BCUT2D eigenvalue weighted by molar-refractivity contribution is 0.599. The highest BCUT2D eigenvalue weighted by Crippen LogP contribution is 2.17. The van der Waals surface area contributed by atoms with E-state index in [1.54, 1.807) is 18.3 Å². The molecule has 7 heteroatoms. The van der Waals surface area contributed by atoms with Gasteiger partial charge in [-0.25, -0.2) is 13.4 Å². The predicted octanol–water partition coefficient (Wildman–Crippen LogP) is 3.50. The van der Waals surface area contributed by atoms with Crippen LogP contribution in [0.1, 0.15) is 18.9 Å². The number of anilines is 2. The summed E-state index contributed by atoms with van der Waals surface area (Å²) < 4.78 is 25.7. The molecule has 0 bridgehead atoms. The van der Waals surface area contributed by atoms with E-state index in [0.717, 1.165) is 11.3 Å². The van der Waals surface area contributed by atoms with Crippen LogP contribution in [0.3, 0.4) is 0 Å². The average molecular weight is 340 g/mol. The number of nitrogens with one attached hydrogen (secondary N) is 2. The van der Waals surface area contributed by atoms with Crippen molar-refractivity contribution in [2.75, 3.05) is 15.8 Å². The molecule has 0 aliphatic carbocycles. The molecule has 0 fully saturated rings. The van der Waals surface area contributed by atoms with Gasteiger partial charge in [-0.1, -0.05) is 36.7 Å². The largest absolute Gasteiger partial charge is 0.380 e. The zero-order valence-electron chi connectivity index (χ0n) is 12.2. The van der Waals surface area contributed by atoms with Gasteiger partial charge in [0, 0.05) is 11.6 Å². The van der Waals surface area contributed by atoms with Gasteiger partial charge in [0.15, 0.2) is 0 Å². The summed E-state index contributed by atoms with van der Waals surface area (Å²) >= 11 is 6.09. The minimum absolute atomic E-state index is 0.0845. The Kier molecular flexibility index (Phi) is 5.63. The Hall–Kier alpha value is -1.79. The SMILES string of the molecule is CCCS(=O)(=O)Nc1ccc(NCc2ccccc2Cl)cn1. The van der Waals surface area contributed by atoms with Crippen molar-refractivity contribution in [1.29, 1.82) is 0 Å². The molecule has 2 aromatic rings. The molecule has 0 aliphatic heterocycles. The van der Waals surface area contributed by atoms with Gasteiger partial charge in [0.1, 0.15) is 5.82 Å². The summed E-state index contributed by atoms with van der Waals surface area (Å²) in [5.41, 5.74) is 1.77. The highest BCUT2D eigenvalue weighted by atomic mass is 35.5. The van der Waals surface area contributed by atoms with Gasteiger partial charge in [-0.3, -0.25) is 4.72 Å². The molecule has 118 valence electrons. The zero-order chi connectivity index (χ0) is 16.0. The fourth-order valence-electron chi connectivity index (χ4n) is 1.88. The number of nitrogens with zero attached hydrogens (tertiary/aromatic N) is 1. The van der Waals surface area contributed by atoms with Gasteiger partial charge in [-0.2, -0.15) is 0 Å². The van der Waals surface area contributed by atoms with Gasteiger partial charge >= 0.3 is 0 Å². The molecular weight excluding hydrogens is 322 g/mol. The van der Waals surface area contributed by atoms with Crippen LogP contribution in [-0.4, -0.2) is 19.2 Å². The third-order valence-corrected chi connectivity index (χ3v) is 4.77. The predicted molar refractivity (Wildman–Crippen MR) is 90.7 cm³/mol. The van der Waals surface area contributed by atoms with Crippen LogP contribution in [0.15, 0.2) is 42.6 Å². The molecule has 5 nitrogen and oxygen atoms in total. The van der Waals surface area contributed by atoms with Crippen LogP contribution in [0.5, 0.6) is 0 Å². The van der Waals surface area contributed by atoms with Crippen LogP contribution >= 0.6 is 11.6 Å². The number of benzene rings is 1. The van der Waals surface area contributed by atoms with Crippen molar-refractivity contribution >= 4 is 33.1 Å². The van der Waals surface area contributed by atoms with Crippen LogP contribution in [0.2, 0.25) is 5.02 Å². The number of hydrogen-bond donors (Lipinski definition) is 2. The summed E-state index contributed by atoms with van der Waals surface area (Å²) in [7, 11) is -3.31. The zero-order valence-corrected chi connectivity index (χ0v) is 13.8. The number of sulfonamides is 1. The van der Waals surface area contributed by atoms with Gasteiger partial charge < -0.3 is 5.32 Å². The van der Waals surface area contributed by atoms with Crippen LogP contribution in [0.4, 0.5) is 11.5 Å². The van der Waals surface area contributed by atoms with Crippen LogP contribution in [0.25, 0.3) is 0 Å². The highest BCUT2D eigenvalue weighted by molar-refractivity contribution is 7.92. The van der Waals surface area contributed by atoms with E-state index < -0.39 is 10.0 Å². The molecular formula is C15H18ClN3O2S. The Bertz CT molecular complexity index is 718. The van der Waals surface area contributed by atoms with Gasteiger partial charge in [-0.05, 0) is 30.2 Å². The Labute approximate surface area is 135 Å². The molecule has 1 aromatic carbocycles. The molecule has 2 rings (SSSR count). The van der Waals surface area contributed by atoms with Crippen molar-refractivity contribution in [1.82, 2.24) is 4.98 Å². The minimum atomic E-state index is -3.31. The highest BCUT2D eigenvalue weighted by Gasteiger charge is 2.09. The monoisotopic (exact) mass is 339 g/mol. The van der Waals surface area contributed by atoms with E-state index in [0.29, 0.717) is 23.8 Å². The maximum Gasteiger partial charge on any atom is 0.233 e. The van der Waals surface area contributed by atoms with E-state index in [9.17, 15) is 8.42 Å². The van der Waals surface area contributed by atoms with Gasteiger partial charge in [-0.15, -0.1) is 0 Å². The lowest BCUT2D eigenvalue weighted by Gasteiger charge is -2.09. The van der Waals surface area contributed by atoms with Crippen molar-refractivity contribution in [2.24, 2.45) is 0 Å². The summed E-state index contributed by atoms with van der Waals surface area (Å²) in [5, 5.41) is 3.89. The molecule has 1 heterocycles. The number of pyridine rings is 1. The smallest absolute Gasteiger partial charge is 0.233 e. The maximum absolute atomic E-state index is 11.7. The molecule has 2 N–H and O–H groups in total. The molecule has 0 unspecified atom stereocenters. The van der Waals surface area contributed by atoms with Crippen molar-refractivity contribution in [3.8, 4) is 0 Å². The Morgan fingerprint density at radius 2 is 1.95 bits per heavy atom. The molecule has 0 saturated carbocycles. The van der Waals surface area contributed by atoms with E-state index in [1.807, 2.05) is 31.2 Å². The first kappa shape index (κ1) is 16.6. The first-order valence-corrected chi connectivity index (χ1v) is 8.97. The normalized spacial score (nSPS) is 11.2. The van der Waals surface area contributed by atoms with Gasteiger partial charge in [0.2, 0.25) is 10.0 Å². The number of aromatic nitrogens is 1. The number of hydrogen-bond acceptors (Lipinski definition) is 4. The molecule has 0 spiro atoms. The second-order valence-electron chi connectivity index (χ2n) is 4.80. The van der Waals surface area contributed by atoms with E-state index >= 15 is 0 Å². The molecule has 0 aliphatic rings. The van der Waals surface area contributed by atoms with Crippen molar-refractivity contribution in [3.63, 3.8) is 0 Å². The summed E-state index contributed by atoms with van der Waals surface area (Å²) in [5.74, 6) is 0.401. The van der Waals surface area contributed by atoms with Crippen molar-refractivity contribution in [3.05, 3.63) is 53.2 Å². The van der Waals surface area contributed by atoms with E-state index in [1.165, 1.54) is 0 Å². The maximum atomic E-state index is 11.7. The lowest BCUT2D eigenvalue weighted by Crippen LogP contribution is -2.16. The van der Waals surface area contributed by atoms with E-state index in [2.05, 4.69) is 15.0 Å². The third kappa shape index (κ3) is 4.89. The molecule has 0 radical (unpaired) electrons. The Balaban J connectivity index is 1.96. The summed E-state index contributed by atoms with van der Waals surface area (Å²) in [6.07, 6.45) is 2.15. The second-order valence-corrected chi connectivity index (χ2v) is 7.05. The molecule has 0 amide bonds. The Morgan fingerprint density at radius 1 is 1.18 bits per heavy atom. The molecule has 1 aromatic heterocycles. The van der Waals surface area contributed by atoms with Crippen LogP contribution in [-0.2, 0) is 16.6 Å². The first-order chi connectivity index (χ1) is 10.5. The fraction of sp³-hybridized carbons (Fsp3) is 0.267. The number of halogens is 1. The molecule has 0 atom stereocenters. The summed E-state index contributed by atoms with van der Waals surface area (Å²) in [6.45, 7) is 2.39. The second kappa shape index (κ2) is 7.47. The fourth-order valence-corrected chi connectivity index (χ4v) is 3.16. The standard InChI is InChI=1S/C15H18ClN3O2S/c1-2-9-22(20,21)19-15-8-7-13(11-18-15)17-10-12-5-3-4-6-14(12)16/h3-8,11,17H,2,9-10H2,1H3,(H,18,19). The Morgan fingerprint density at radius 3 is 2.59 bits per heavy atom. The van der Waals surface area contributed by atoms with Crippen LogP contribution in [0, 0.1) is 0 Å².